The van der Waals surface area contributed by atoms with Gasteiger partial charge in [-0.05, 0) is 91.9 Å². The van der Waals surface area contributed by atoms with Crippen molar-refractivity contribution in [1.29, 1.82) is 0 Å². The van der Waals surface area contributed by atoms with E-state index in [1.54, 1.807) is 37.6 Å². The number of hydrogen-bond acceptors (Lipinski definition) is 14. The Morgan fingerprint density at radius 1 is 1.12 bits per heavy atom. The Morgan fingerprint density at radius 2 is 1.82 bits per heavy atom. The average molecular weight is 846 g/mol. The zero-order chi connectivity index (χ0) is 44.5. The second-order valence-electron chi connectivity index (χ2n) is 17.9. The fourth-order valence-electron chi connectivity index (χ4n) is 9.47. The van der Waals surface area contributed by atoms with Crippen molar-refractivity contribution in [3.05, 3.63) is 37.1 Å². The summed E-state index contributed by atoms with van der Waals surface area (Å²) in [4.78, 5) is 52.9. The quantitative estimate of drug-likeness (QED) is 0.242. The topological polar surface area (TPSA) is 184 Å². The van der Waals surface area contributed by atoms with Crippen molar-refractivity contribution in [3.63, 3.8) is 0 Å². The van der Waals surface area contributed by atoms with Crippen molar-refractivity contribution in [2.45, 2.75) is 154 Å². The van der Waals surface area contributed by atoms with E-state index in [0.717, 1.165) is 18.2 Å². The third-order valence-corrected chi connectivity index (χ3v) is 13.4. The zero-order valence-electron chi connectivity index (χ0n) is 37.4. The number of aryl methyl sites for hydroxylation is 1. The Kier molecular flexibility index (Phi) is 14.9. The number of aromatic nitrogens is 3. The Balaban J connectivity index is 1.48. The molecule has 0 bridgehead atoms. The van der Waals surface area contributed by atoms with Crippen LogP contribution in [0.1, 0.15) is 81.6 Å². The summed E-state index contributed by atoms with van der Waals surface area (Å²) in [5.74, 6) is -4.68. The number of amides is 1. The molecule has 17 heteroatoms. The van der Waals surface area contributed by atoms with Crippen LogP contribution in [0.4, 0.5) is 9.18 Å². The number of aliphatic hydroxyl groups excluding tert-OH is 1. The van der Waals surface area contributed by atoms with E-state index in [2.05, 4.69) is 9.97 Å². The maximum absolute atomic E-state index is 16.9. The smallest absolute Gasteiger partial charge is 0.425 e. The number of hydrogen-bond donors (Lipinski definition) is 2. The molecule has 3 aliphatic heterocycles. The molecule has 3 fully saturated rings. The predicted molar refractivity (Wildman–Crippen MR) is 221 cm³/mol. The van der Waals surface area contributed by atoms with Crippen molar-refractivity contribution in [1.82, 2.24) is 29.5 Å². The van der Waals surface area contributed by atoms with E-state index in [1.165, 1.54) is 21.0 Å². The number of fused-ring (bicyclic) bond motifs is 1. The highest BCUT2D eigenvalue weighted by Gasteiger charge is 2.62. The number of nitrogens with two attached hydrogens (primary N) is 1. The van der Waals surface area contributed by atoms with Crippen LogP contribution in [0.5, 0.6) is 0 Å². The lowest BCUT2D eigenvalue weighted by molar-refractivity contribution is -0.296. The minimum Gasteiger partial charge on any atom is -0.456 e. The van der Waals surface area contributed by atoms with Crippen LogP contribution in [0.15, 0.2) is 37.1 Å². The number of nitrogens with zero attached hydrogens (tertiary/aromatic N) is 6. The highest BCUT2D eigenvalue weighted by atomic mass is 19.1. The second-order valence-corrected chi connectivity index (χ2v) is 17.9. The number of halogens is 1. The summed E-state index contributed by atoms with van der Waals surface area (Å²) in [5, 5.41) is 14.9. The first-order valence-corrected chi connectivity index (χ1v) is 21.2. The van der Waals surface area contributed by atoms with Gasteiger partial charge in [0.2, 0.25) is 0 Å². The Morgan fingerprint density at radius 3 is 2.43 bits per heavy atom. The van der Waals surface area contributed by atoms with Crippen LogP contribution in [-0.4, -0.2) is 152 Å². The van der Waals surface area contributed by atoms with Crippen LogP contribution in [-0.2, 0) is 39.8 Å². The molecule has 3 saturated heterocycles. The van der Waals surface area contributed by atoms with Gasteiger partial charge in [0.05, 0.1) is 35.9 Å². The number of esters is 1. The van der Waals surface area contributed by atoms with Gasteiger partial charge in [-0.1, -0.05) is 27.7 Å². The van der Waals surface area contributed by atoms with E-state index >= 15 is 4.39 Å². The van der Waals surface area contributed by atoms with Crippen LogP contribution in [0, 0.1) is 17.8 Å². The number of aliphatic hydroxyl groups is 1. The Hall–Kier alpha value is -3.58. The van der Waals surface area contributed by atoms with Crippen molar-refractivity contribution < 1.29 is 47.6 Å². The first-order valence-electron chi connectivity index (χ1n) is 21.2. The number of alkyl halides is 1. The number of ketones is 1. The molecule has 0 aromatic carbocycles. The van der Waals surface area contributed by atoms with Crippen LogP contribution in [0.2, 0.25) is 0 Å². The Labute approximate surface area is 354 Å². The van der Waals surface area contributed by atoms with Crippen molar-refractivity contribution in [3.8, 4) is 11.3 Å². The maximum Gasteiger partial charge on any atom is 0.425 e. The van der Waals surface area contributed by atoms with Gasteiger partial charge < -0.3 is 44.0 Å². The van der Waals surface area contributed by atoms with Gasteiger partial charge >= 0.3 is 12.1 Å². The normalized spacial score (nSPS) is 38.5. The summed E-state index contributed by atoms with van der Waals surface area (Å²) in [6.45, 7) is 16.4. The van der Waals surface area contributed by atoms with Gasteiger partial charge in [0.15, 0.2) is 17.7 Å². The lowest BCUT2D eigenvalue weighted by Gasteiger charge is -2.48. The maximum atomic E-state index is 16.9. The number of hydrazine groups is 1. The second kappa shape index (κ2) is 18.8. The number of ether oxygens (including phenoxy) is 5. The number of methoxy groups -OCH3 is 1. The van der Waals surface area contributed by atoms with E-state index in [0.29, 0.717) is 32.5 Å². The molecule has 2 aromatic rings. The summed E-state index contributed by atoms with van der Waals surface area (Å²) >= 11 is 0. The van der Waals surface area contributed by atoms with Crippen LogP contribution < -0.4 is 5.73 Å². The standard InChI is InChI=1S/C43H68FN7O9/c1-13-50(19-15-18-49-23-31(47-24-49)30-16-14-17-46-22-30)51-35-27(4)33(45)25(2)21-41(7,56-12)37(59-38-34(52)32(48(10)11)20-26(3)57-38)28(5)36(53)42(8,44)39(54)58-29(6)43(35,9)60-40(51)55/h14,16-17,22-29,32-35,37-38,52H,13,15,18-21,45H2,1-12H3/t25-,26-,27+,28+,29-,32+,33?,34-,35-,37-,38+,41+,42?,43-/m1/s1. The molecule has 3 N–H and O–H groups in total. The summed E-state index contributed by atoms with van der Waals surface area (Å²) in [6.07, 6.45) is 2.80. The number of imidazole rings is 1. The molecule has 60 heavy (non-hydrogen) atoms. The molecule has 0 spiro atoms. The molecule has 16 nitrogen and oxygen atoms in total. The van der Waals surface area contributed by atoms with E-state index in [1.807, 2.05) is 74.6 Å². The van der Waals surface area contributed by atoms with Crippen LogP contribution >= 0.6 is 0 Å². The van der Waals surface area contributed by atoms with Gasteiger partial charge in [-0.15, -0.1) is 0 Å². The van der Waals surface area contributed by atoms with E-state index in [9.17, 15) is 19.5 Å². The van der Waals surface area contributed by atoms with E-state index in [4.69, 9.17) is 29.4 Å². The van der Waals surface area contributed by atoms with Crippen molar-refractivity contribution >= 4 is 17.8 Å². The molecule has 336 valence electrons. The first kappa shape index (κ1) is 47.5. The molecule has 2 unspecified atom stereocenters. The zero-order valence-corrected chi connectivity index (χ0v) is 37.4. The summed E-state index contributed by atoms with van der Waals surface area (Å²) in [5.41, 5.74) is 2.91. The van der Waals surface area contributed by atoms with Gasteiger partial charge in [0.25, 0.3) is 5.67 Å². The van der Waals surface area contributed by atoms with Crippen molar-refractivity contribution in [2.24, 2.45) is 23.5 Å². The lowest BCUT2D eigenvalue weighted by Crippen LogP contribution is -2.64. The number of likely N-dealkylation sites (N-methyl/N-ethyl adjacent to an activating group) is 1. The number of rotatable bonds is 11. The molecule has 5 heterocycles. The number of carbonyl (C=O) groups is 3. The summed E-state index contributed by atoms with van der Waals surface area (Å²) in [7, 11) is 5.16. The first-order chi connectivity index (χ1) is 28.1. The molecule has 0 aliphatic carbocycles. The fraction of sp³-hybridized carbons (Fsp3) is 0.744. The minimum atomic E-state index is -3.15. The largest absolute Gasteiger partial charge is 0.456 e. The van der Waals surface area contributed by atoms with Gasteiger partial charge in [-0.3, -0.25) is 9.78 Å². The number of cyclic esters (lactones) is 1. The third-order valence-electron chi connectivity index (χ3n) is 13.4. The molecule has 14 atom stereocenters. The van der Waals surface area contributed by atoms with Gasteiger partial charge in [-0.25, -0.2) is 29.0 Å². The third kappa shape index (κ3) is 9.42. The lowest BCUT2D eigenvalue weighted by atomic mass is 9.72. The average Bonchev–Trinajstić information content (AvgIpc) is 3.79. The van der Waals surface area contributed by atoms with E-state index in [-0.39, 0.29) is 24.5 Å². The number of Topliss-reactive ketones (excluding diaryl/α,β-unsaturated/α-hetero) is 1. The minimum absolute atomic E-state index is 0.206. The van der Waals surface area contributed by atoms with Gasteiger partial charge in [-0.2, -0.15) is 0 Å². The van der Waals surface area contributed by atoms with Crippen LogP contribution in [0.25, 0.3) is 11.3 Å². The number of pyridine rings is 1. The molecular weight excluding hydrogens is 778 g/mol. The molecule has 5 rings (SSSR count). The molecule has 1 amide bonds. The fourth-order valence-corrected chi connectivity index (χ4v) is 9.47. The van der Waals surface area contributed by atoms with E-state index < -0.39 is 83.2 Å². The van der Waals surface area contributed by atoms with Crippen LogP contribution in [0.3, 0.4) is 0 Å². The predicted octanol–water partition coefficient (Wildman–Crippen LogP) is 4.24. The highest BCUT2D eigenvalue weighted by molar-refractivity contribution is 6.07. The number of carbonyl (C=O) groups excluding carboxylic acids is 3. The highest BCUT2D eigenvalue weighted by Crippen LogP contribution is 2.44. The summed E-state index contributed by atoms with van der Waals surface area (Å²) in [6, 6.07) is 2.05. The monoisotopic (exact) mass is 846 g/mol. The molecular formula is C43H68FN7O9. The molecule has 2 aromatic heterocycles. The summed E-state index contributed by atoms with van der Waals surface area (Å²) < 4.78 is 49.7. The Bertz CT molecular complexity index is 1790. The van der Waals surface area contributed by atoms with Gasteiger partial charge in [0, 0.05) is 68.9 Å². The molecule has 3 aliphatic rings. The van der Waals surface area contributed by atoms with Crippen molar-refractivity contribution in [2.75, 3.05) is 34.3 Å². The molecule has 0 radical (unpaired) electrons. The SMILES string of the molecule is CCN(CCCn1cnc(-c2cccnc2)c1)N1C(=O)O[C@]2(C)[C@@H](C)OC(=O)C(C)(F)C(=O)[C@H](C)[C@@H](O[C@@H]3O[C@H](C)C[C@H](N(C)C)[C@H]3O)[C@@](C)(OC)C[C@@H](C)C(N)[C@H](C)[C@@H]12. The molecule has 0 saturated carbocycles. The van der Waals surface area contributed by atoms with Gasteiger partial charge in [0.1, 0.15) is 12.2 Å².